The summed E-state index contributed by atoms with van der Waals surface area (Å²) < 4.78 is 0.836. The van der Waals surface area contributed by atoms with E-state index in [0.29, 0.717) is 18.7 Å². The number of amides is 2. The van der Waals surface area contributed by atoms with E-state index in [1.807, 2.05) is 19.9 Å². The highest BCUT2D eigenvalue weighted by Crippen LogP contribution is 2.11. The lowest BCUT2D eigenvalue weighted by Gasteiger charge is -2.23. The fraction of sp³-hybridized carbons (Fsp3) is 0.429. The molecule has 0 radical (unpaired) electrons. The van der Waals surface area contributed by atoms with Gasteiger partial charge in [-0.05, 0) is 39.0 Å². The quantitative estimate of drug-likeness (QED) is 0.903. The summed E-state index contributed by atoms with van der Waals surface area (Å²) >= 11 is 3.32. The van der Waals surface area contributed by atoms with Crippen LogP contribution in [0.15, 0.2) is 28.7 Å². The van der Waals surface area contributed by atoms with Crippen molar-refractivity contribution >= 4 is 27.7 Å². The molecule has 1 aromatic rings. The second kappa shape index (κ2) is 7.28. The number of halogens is 1. The minimum atomic E-state index is -0.522. The van der Waals surface area contributed by atoms with E-state index in [1.165, 1.54) is 0 Å². The summed E-state index contributed by atoms with van der Waals surface area (Å²) in [5.41, 5.74) is 0.536. The first-order valence-electron chi connectivity index (χ1n) is 6.34. The molecule has 1 unspecified atom stereocenters. The fourth-order valence-electron chi connectivity index (χ4n) is 1.78. The van der Waals surface area contributed by atoms with Gasteiger partial charge in [0, 0.05) is 23.1 Å². The van der Waals surface area contributed by atoms with Crippen molar-refractivity contribution in [3.63, 3.8) is 0 Å². The van der Waals surface area contributed by atoms with E-state index in [2.05, 4.69) is 21.2 Å². The average Bonchev–Trinajstić information content (AvgIpc) is 2.39. The van der Waals surface area contributed by atoms with Crippen LogP contribution in [0.4, 0.5) is 0 Å². The lowest BCUT2D eigenvalue weighted by atomic mass is 10.2. The third-order valence-corrected chi connectivity index (χ3v) is 3.37. The van der Waals surface area contributed by atoms with Gasteiger partial charge in [-0.15, -0.1) is 0 Å². The molecule has 19 heavy (non-hydrogen) atoms. The molecule has 1 aromatic carbocycles. The van der Waals surface area contributed by atoms with E-state index in [0.717, 1.165) is 4.47 Å². The number of benzene rings is 1. The molecule has 0 aliphatic rings. The fourth-order valence-corrected chi connectivity index (χ4v) is 2.18. The standard InChI is InChI=1S/C14H19BrN2O2/c1-4-17(5-2)14(19)10(3)16-13(18)11-7-6-8-12(15)9-11/h6-10H,4-5H2,1-3H3,(H,16,18). The molecule has 1 N–H and O–H groups in total. The van der Waals surface area contributed by atoms with Gasteiger partial charge in [-0.2, -0.15) is 0 Å². The van der Waals surface area contributed by atoms with Gasteiger partial charge in [-0.25, -0.2) is 0 Å². The van der Waals surface area contributed by atoms with Crippen molar-refractivity contribution in [3.05, 3.63) is 34.3 Å². The molecule has 0 saturated carbocycles. The molecule has 0 heterocycles. The minimum absolute atomic E-state index is 0.0617. The van der Waals surface area contributed by atoms with Gasteiger partial charge in [0.15, 0.2) is 0 Å². The highest BCUT2D eigenvalue weighted by atomic mass is 79.9. The van der Waals surface area contributed by atoms with E-state index in [4.69, 9.17) is 0 Å². The van der Waals surface area contributed by atoms with Gasteiger partial charge >= 0.3 is 0 Å². The topological polar surface area (TPSA) is 49.4 Å². The Bertz CT molecular complexity index is 459. The van der Waals surface area contributed by atoms with Crippen LogP contribution in [0, 0.1) is 0 Å². The second-order valence-electron chi connectivity index (χ2n) is 4.22. The van der Waals surface area contributed by atoms with Crippen LogP contribution in [-0.2, 0) is 4.79 Å². The third-order valence-electron chi connectivity index (χ3n) is 2.88. The van der Waals surface area contributed by atoms with Crippen LogP contribution in [0.1, 0.15) is 31.1 Å². The molecule has 1 atom stereocenters. The van der Waals surface area contributed by atoms with E-state index in [-0.39, 0.29) is 11.8 Å². The largest absolute Gasteiger partial charge is 0.341 e. The summed E-state index contributed by atoms with van der Waals surface area (Å²) in [5.74, 6) is -0.303. The molecule has 0 aromatic heterocycles. The van der Waals surface area contributed by atoms with Crippen molar-refractivity contribution in [2.24, 2.45) is 0 Å². The van der Waals surface area contributed by atoms with Gasteiger partial charge in [0.1, 0.15) is 6.04 Å². The minimum Gasteiger partial charge on any atom is -0.341 e. The number of carbonyl (C=O) groups is 2. The van der Waals surface area contributed by atoms with Gasteiger partial charge in [0.2, 0.25) is 5.91 Å². The molecule has 0 aliphatic heterocycles. The normalized spacial score (nSPS) is 11.8. The molecule has 0 saturated heterocycles. The van der Waals surface area contributed by atoms with E-state index >= 15 is 0 Å². The Balaban J connectivity index is 2.69. The van der Waals surface area contributed by atoms with Crippen LogP contribution in [0.3, 0.4) is 0 Å². The first kappa shape index (κ1) is 15.7. The molecule has 4 nitrogen and oxygen atoms in total. The molecule has 0 fully saturated rings. The number of likely N-dealkylation sites (N-methyl/N-ethyl adjacent to an activating group) is 1. The van der Waals surface area contributed by atoms with E-state index in [1.54, 1.807) is 30.0 Å². The van der Waals surface area contributed by atoms with Crippen LogP contribution in [-0.4, -0.2) is 35.8 Å². The predicted molar refractivity (Wildman–Crippen MR) is 79.0 cm³/mol. The molecule has 0 spiro atoms. The Morgan fingerprint density at radius 2 is 1.95 bits per heavy atom. The highest BCUT2D eigenvalue weighted by molar-refractivity contribution is 9.10. The Hall–Kier alpha value is -1.36. The van der Waals surface area contributed by atoms with Crippen LogP contribution >= 0.6 is 15.9 Å². The van der Waals surface area contributed by atoms with Crippen LogP contribution in [0.5, 0.6) is 0 Å². The predicted octanol–water partition coefficient (Wildman–Crippen LogP) is 2.44. The lowest BCUT2D eigenvalue weighted by molar-refractivity contribution is -0.132. The van der Waals surface area contributed by atoms with Crippen molar-refractivity contribution in [1.29, 1.82) is 0 Å². The molecule has 0 bridgehead atoms. The zero-order valence-electron chi connectivity index (χ0n) is 11.4. The summed E-state index contributed by atoms with van der Waals surface area (Å²) in [6.45, 7) is 6.84. The number of nitrogens with one attached hydrogen (secondary N) is 1. The first-order valence-corrected chi connectivity index (χ1v) is 7.14. The SMILES string of the molecule is CCN(CC)C(=O)C(C)NC(=O)c1cccc(Br)c1. The summed E-state index contributed by atoms with van der Waals surface area (Å²) in [6, 6.07) is 6.56. The summed E-state index contributed by atoms with van der Waals surface area (Å²) in [7, 11) is 0. The van der Waals surface area contributed by atoms with Crippen LogP contribution in [0.2, 0.25) is 0 Å². The summed E-state index contributed by atoms with van der Waals surface area (Å²) in [5, 5.41) is 2.72. The maximum absolute atomic E-state index is 12.0. The molecular weight excluding hydrogens is 308 g/mol. The lowest BCUT2D eigenvalue weighted by Crippen LogP contribution is -2.46. The Morgan fingerprint density at radius 3 is 2.47 bits per heavy atom. The number of rotatable bonds is 5. The molecular formula is C14H19BrN2O2. The number of carbonyl (C=O) groups excluding carboxylic acids is 2. The van der Waals surface area contributed by atoms with Crippen LogP contribution in [0.25, 0.3) is 0 Å². The second-order valence-corrected chi connectivity index (χ2v) is 5.13. The number of hydrogen-bond acceptors (Lipinski definition) is 2. The third kappa shape index (κ3) is 4.35. The van der Waals surface area contributed by atoms with Gasteiger partial charge < -0.3 is 10.2 Å². The molecule has 5 heteroatoms. The van der Waals surface area contributed by atoms with Crippen molar-refractivity contribution in [3.8, 4) is 0 Å². The zero-order chi connectivity index (χ0) is 14.4. The van der Waals surface area contributed by atoms with Crippen molar-refractivity contribution in [2.75, 3.05) is 13.1 Å². The maximum atomic E-state index is 12.0. The number of nitrogens with zero attached hydrogens (tertiary/aromatic N) is 1. The van der Waals surface area contributed by atoms with Crippen molar-refractivity contribution < 1.29 is 9.59 Å². The van der Waals surface area contributed by atoms with Gasteiger partial charge in [0.25, 0.3) is 5.91 Å². The maximum Gasteiger partial charge on any atom is 0.251 e. The smallest absolute Gasteiger partial charge is 0.251 e. The molecule has 104 valence electrons. The summed E-state index contributed by atoms with van der Waals surface area (Å²) in [4.78, 5) is 25.7. The molecule has 0 aliphatic carbocycles. The van der Waals surface area contributed by atoms with E-state index < -0.39 is 6.04 Å². The highest BCUT2D eigenvalue weighted by Gasteiger charge is 2.20. The van der Waals surface area contributed by atoms with Gasteiger partial charge in [-0.1, -0.05) is 22.0 Å². The van der Waals surface area contributed by atoms with Crippen LogP contribution < -0.4 is 5.32 Å². The number of hydrogen-bond donors (Lipinski definition) is 1. The molecule has 2 amide bonds. The Morgan fingerprint density at radius 1 is 1.32 bits per heavy atom. The Kier molecular flexibility index (Phi) is 6.02. The van der Waals surface area contributed by atoms with Gasteiger partial charge in [0.05, 0.1) is 0 Å². The van der Waals surface area contributed by atoms with Crippen molar-refractivity contribution in [1.82, 2.24) is 10.2 Å². The van der Waals surface area contributed by atoms with E-state index in [9.17, 15) is 9.59 Å². The van der Waals surface area contributed by atoms with Gasteiger partial charge in [-0.3, -0.25) is 9.59 Å². The first-order chi connectivity index (χ1) is 8.99. The monoisotopic (exact) mass is 326 g/mol. The zero-order valence-corrected chi connectivity index (χ0v) is 13.0. The average molecular weight is 327 g/mol. The summed E-state index contributed by atoms with van der Waals surface area (Å²) in [6.07, 6.45) is 0. The molecule has 1 rings (SSSR count). The Labute approximate surface area is 122 Å². The van der Waals surface area contributed by atoms with Crippen molar-refractivity contribution in [2.45, 2.75) is 26.8 Å².